The average molecular weight is 777 g/mol. The number of pyridine rings is 1. The van der Waals surface area contributed by atoms with Crippen molar-refractivity contribution >= 4 is 39.2 Å². The highest BCUT2D eigenvalue weighted by Gasteiger charge is 2.52. The molecular weight excluding hydrogens is 717 g/mol. The van der Waals surface area contributed by atoms with Crippen LogP contribution in [0, 0.1) is 5.82 Å². The van der Waals surface area contributed by atoms with E-state index in [4.69, 9.17) is 44.9 Å². The molecule has 0 unspecified atom stereocenters. The molecule has 52 heavy (non-hydrogen) atoms. The number of halogens is 2. The quantitative estimate of drug-likeness (QED) is 0.129. The fraction of sp³-hybridized carbons (Fsp3) is 0.692. The van der Waals surface area contributed by atoms with E-state index in [9.17, 15) is 5.11 Å². The minimum Gasteiger partial charge on any atom is -0.456 e. The average Bonchev–Trinajstić information content (AvgIpc) is 3.78. The van der Waals surface area contributed by atoms with Crippen molar-refractivity contribution in [1.82, 2.24) is 14.5 Å². The van der Waals surface area contributed by atoms with Gasteiger partial charge in [-0.05, 0) is 105 Å². The Morgan fingerprint density at radius 3 is 2.37 bits per heavy atom. The van der Waals surface area contributed by atoms with Crippen LogP contribution in [0.2, 0.25) is 48.8 Å². The lowest BCUT2D eigenvalue weighted by Crippen LogP contribution is -2.47. The van der Waals surface area contributed by atoms with Crippen LogP contribution in [0.3, 0.4) is 0 Å². The Kier molecular flexibility index (Phi) is 11.5. The van der Waals surface area contributed by atoms with Crippen LogP contribution in [-0.4, -0.2) is 85.9 Å². The maximum atomic E-state index is 15.7. The van der Waals surface area contributed by atoms with Crippen molar-refractivity contribution in [2.75, 3.05) is 19.8 Å². The topological polar surface area (TPSA) is 97.1 Å². The highest BCUT2D eigenvalue weighted by molar-refractivity contribution is 6.76. The molecule has 9 nitrogen and oxygen atoms in total. The third-order valence-electron chi connectivity index (χ3n) is 11.3. The molecule has 13 heteroatoms. The van der Waals surface area contributed by atoms with Gasteiger partial charge < -0.3 is 28.5 Å². The van der Waals surface area contributed by atoms with Gasteiger partial charge in [-0.2, -0.15) is 4.98 Å². The van der Waals surface area contributed by atoms with E-state index in [1.807, 2.05) is 10.6 Å². The van der Waals surface area contributed by atoms with E-state index in [-0.39, 0.29) is 47.9 Å². The van der Waals surface area contributed by atoms with Crippen molar-refractivity contribution in [1.29, 1.82) is 0 Å². The van der Waals surface area contributed by atoms with Gasteiger partial charge in [0.25, 0.3) is 0 Å². The highest BCUT2D eigenvalue weighted by atomic mass is 35.5. The summed E-state index contributed by atoms with van der Waals surface area (Å²) in [6.07, 6.45) is 2.30. The van der Waals surface area contributed by atoms with Crippen LogP contribution in [0.5, 0.6) is 6.01 Å². The molecule has 1 aliphatic carbocycles. The number of nitrogens with zero attached hydrogens (tertiary/aromatic N) is 3. The minimum atomic E-state index is -2.03. The Balaban J connectivity index is 1.23. The summed E-state index contributed by atoms with van der Waals surface area (Å²) in [5.41, 5.74) is 3.83. The molecule has 5 atom stereocenters. The third-order valence-corrected chi connectivity index (χ3v) is 17.8. The molecule has 2 aliphatic heterocycles. The second kappa shape index (κ2) is 15.0. The molecule has 2 aromatic heterocycles. The van der Waals surface area contributed by atoms with Crippen molar-refractivity contribution in [2.24, 2.45) is 0 Å². The molecule has 3 aliphatic rings. The number of aromatic nitrogens is 3. The van der Waals surface area contributed by atoms with Crippen molar-refractivity contribution in [3.63, 3.8) is 0 Å². The summed E-state index contributed by atoms with van der Waals surface area (Å²) in [5.74, 6) is -0.239. The molecule has 0 spiro atoms. The highest BCUT2D eigenvalue weighted by Crippen LogP contribution is 2.42. The fourth-order valence-corrected chi connectivity index (χ4v) is 9.45. The molecule has 4 heterocycles. The zero-order valence-electron chi connectivity index (χ0n) is 32.8. The molecular formula is C39H59ClFN3O6Si2. The minimum absolute atomic E-state index is 0.0468. The van der Waals surface area contributed by atoms with Crippen LogP contribution in [0.1, 0.15) is 75.8 Å². The molecule has 6 rings (SSSR count). The van der Waals surface area contributed by atoms with Crippen molar-refractivity contribution in [3.8, 4) is 6.01 Å². The number of fused-ring (bicyclic) bond motifs is 3. The van der Waals surface area contributed by atoms with Gasteiger partial charge >= 0.3 is 6.01 Å². The van der Waals surface area contributed by atoms with E-state index >= 15 is 4.39 Å². The molecule has 2 saturated heterocycles. The van der Waals surface area contributed by atoms with Gasteiger partial charge in [0.15, 0.2) is 20.1 Å². The van der Waals surface area contributed by atoms with Gasteiger partial charge in [-0.15, -0.1) is 0 Å². The van der Waals surface area contributed by atoms with Crippen molar-refractivity contribution in [3.05, 3.63) is 51.4 Å². The smallest absolute Gasteiger partial charge is 0.301 e. The van der Waals surface area contributed by atoms with Crippen LogP contribution >= 0.6 is 11.6 Å². The van der Waals surface area contributed by atoms with E-state index in [1.54, 1.807) is 19.9 Å². The Morgan fingerprint density at radius 1 is 1.00 bits per heavy atom. The number of ether oxygens (including phenoxy) is 4. The standard InChI is InChI=1S/C39H59ClFN3O6Si2/c1-38(2,3)52(9,10)50-32-22-48-34-31(21-47-35(32)34)49-37-43-30-20-27(40)29(42-36(30)44(37)23-46-15-16-51(6,7)8)19-26-12-11-25-17-24(13-14-39(4,5)45)18-28(41)33(25)26/h17-18,20,26,31-32,34-35,45H,11-16,19,21-23H2,1-10H3/t26-,31-,32-,34-,35-/m1/s1. The fourth-order valence-electron chi connectivity index (χ4n) is 7.15. The summed E-state index contributed by atoms with van der Waals surface area (Å²) in [5, 5.41) is 10.8. The molecule has 288 valence electrons. The van der Waals surface area contributed by atoms with E-state index in [0.717, 1.165) is 35.6 Å². The third kappa shape index (κ3) is 8.96. The lowest BCUT2D eigenvalue weighted by Gasteiger charge is -2.39. The Labute approximate surface area is 316 Å². The van der Waals surface area contributed by atoms with E-state index in [0.29, 0.717) is 67.0 Å². The summed E-state index contributed by atoms with van der Waals surface area (Å²) in [4.78, 5) is 9.93. The van der Waals surface area contributed by atoms with Gasteiger partial charge in [-0.1, -0.05) is 58.1 Å². The molecule has 0 saturated carbocycles. The predicted octanol–water partition coefficient (Wildman–Crippen LogP) is 8.45. The number of aryl methyl sites for hydroxylation is 2. The van der Waals surface area contributed by atoms with Crippen LogP contribution in [0.15, 0.2) is 18.2 Å². The number of hydrogen-bond donors (Lipinski definition) is 1. The first-order chi connectivity index (χ1) is 24.2. The zero-order valence-corrected chi connectivity index (χ0v) is 35.5. The Hall–Kier alpha value is -1.91. The summed E-state index contributed by atoms with van der Waals surface area (Å²) in [6, 6.07) is 6.97. The van der Waals surface area contributed by atoms with E-state index in [2.05, 4.69) is 59.6 Å². The van der Waals surface area contributed by atoms with Gasteiger partial charge in [0, 0.05) is 14.7 Å². The first-order valence-corrected chi connectivity index (χ1v) is 25.9. The lowest BCUT2D eigenvalue weighted by atomic mass is 9.92. The van der Waals surface area contributed by atoms with Gasteiger partial charge in [-0.25, -0.2) is 9.37 Å². The van der Waals surface area contributed by atoms with Gasteiger partial charge in [0.2, 0.25) is 0 Å². The molecule has 0 radical (unpaired) electrons. The summed E-state index contributed by atoms with van der Waals surface area (Å²) >= 11 is 6.89. The summed E-state index contributed by atoms with van der Waals surface area (Å²) in [6.45, 7) is 23.4. The van der Waals surface area contributed by atoms with Gasteiger partial charge in [0.1, 0.15) is 30.3 Å². The first-order valence-electron chi connectivity index (χ1n) is 18.9. The van der Waals surface area contributed by atoms with Crippen molar-refractivity contribution in [2.45, 2.75) is 153 Å². The second-order valence-electron chi connectivity index (χ2n) is 18.5. The number of rotatable bonds is 14. The first kappa shape index (κ1) is 39.8. The van der Waals surface area contributed by atoms with E-state index < -0.39 is 22.0 Å². The second-order valence-corrected chi connectivity index (χ2v) is 29.3. The van der Waals surface area contributed by atoms with Crippen LogP contribution in [0.4, 0.5) is 4.39 Å². The lowest BCUT2D eigenvalue weighted by molar-refractivity contribution is 0.00687. The number of hydrogen-bond acceptors (Lipinski definition) is 8. The predicted molar refractivity (Wildman–Crippen MR) is 208 cm³/mol. The van der Waals surface area contributed by atoms with Gasteiger partial charge in [0.05, 0.1) is 35.6 Å². The molecule has 1 N–H and O–H groups in total. The number of benzene rings is 1. The molecule has 2 fully saturated rings. The zero-order chi connectivity index (χ0) is 37.8. The molecule has 3 aromatic rings. The maximum absolute atomic E-state index is 15.7. The van der Waals surface area contributed by atoms with Gasteiger partial charge in [-0.3, -0.25) is 4.57 Å². The Morgan fingerprint density at radius 2 is 1.69 bits per heavy atom. The molecule has 0 amide bonds. The van der Waals surface area contributed by atoms with Crippen molar-refractivity contribution < 1.29 is 32.9 Å². The molecule has 0 bridgehead atoms. The summed E-state index contributed by atoms with van der Waals surface area (Å²) in [7, 11) is -3.34. The monoisotopic (exact) mass is 775 g/mol. The van der Waals surface area contributed by atoms with Crippen LogP contribution < -0.4 is 4.74 Å². The maximum Gasteiger partial charge on any atom is 0.301 e. The van der Waals surface area contributed by atoms with Crippen LogP contribution in [-0.2, 0) is 44.6 Å². The van der Waals surface area contributed by atoms with E-state index in [1.165, 1.54) is 0 Å². The number of aliphatic hydroxyl groups is 1. The largest absolute Gasteiger partial charge is 0.456 e. The summed E-state index contributed by atoms with van der Waals surface area (Å²) < 4.78 is 49.7. The normalized spacial score (nSPS) is 23.8. The van der Waals surface area contributed by atoms with Crippen LogP contribution in [0.25, 0.3) is 11.2 Å². The Bertz CT molecular complexity index is 1750. The SMILES string of the molecule is CC(C)(O)CCc1cc(F)c2c(c1)CC[C@@H]2Cc1nc2c(cc1Cl)nc(O[C@@H]1CO[C@H]3[C@@H]1OC[C@H]3O[Si](C)(C)C(C)(C)C)n2COCC[Si](C)(C)C. The molecule has 1 aromatic carbocycles. The number of imidazole rings is 1.